The zero-order valence-corrected chi connectivity index (χ0v) is 13.2. The Morgan fingerprint density at radius 2 is 1.96 bits per heavy atom. The maximum atomic E-state index is 12.2. The molecule has 1 saturated carbocycles. The number of amides is 4. The molecule has 4 amide bonds. The molecule has 1 heterocycles. The lowest BCUT2D eigenvalue weighted by Gasteiger charge is -2.28. The van der Waals surface area contributed by atoms with Gasteiger partial charge >= 0.3 is 6.03 Å². The molecule has 2 rings (SSSR count). The van der Waals surface area contributed by atoms with Crippen molar-refractivity contribution >= 4 is 17.8 Å². The molecule has 0 aliphatic heterocycles. The molecule has 124 valence electrons. The molecule has 1 fully saturated rings. The van der Waals surface area contributed by atoms with Crippen LogP contribution in [0.25, 0.3) is 0 Å². The molecule has 0 saturated heterocycles. The lowest BCUT2D eigenvalue weighted by molar-refractivity contribution is -0.124. The van der Waals surface area contributed by atoms with Crippen LogP contribution >= 0.6 is 0 Å². The fourth-order valence-electron chi connectivity index (χ4n) is 2.80. The average Bonchev–Trinajstić information content (AvgIpc) is 2.55. The van der Waals surface area contributed by atoms with E-state index in [2.05, 4.69) is 15.6 Å². The molecule has 0 radical (unpaired) electrons. The second-order valence-electron chi connectivity index (χ2n) is 5.78. The summed E-state index contributed by atoms with van der Waals surface area (Å²) >= 11 is 0. The van der Waals surface area contributed by atoms with Gasteiger partial charge in [0.05, 0.1) is 0 Å². The molecule has 1 aromatic rings. The number of rotatable bonds is 4. The Hall–Kier alpha value is -2.44. The summed E-state index contributed by atoms with van der Waals surface area (Å²) in [5.74, 6) is -0.748. The van der Waals surface area contributed by atoms with Crippen LogP contribution in [0.1, 0.15) is 48.7 Å². The van der Waals surface area contributed by atoms with Crippen LogP contribution in [-0.2, 0) is 11.2 Å². The molecule has 0 bridgehead atoms. The molecule has 1 aliphatic carbocycles. The van der Waals surface area contributed by atoms with Gasteiger partial charge in [0.1, 0.15) is 5.69 Å². The number of pyridine rings is 1. The first-order valence-electron chi connectivity index (χ1n) is 7.85. The van der Waals surface area contributed by atoms with Crippen molar-refractivity contribution < 1.29 is 14.4 Å². The fourth-order valence-corrected chi connectivity index (χ4v) is 2.80. The number of urea groups is 1. The number of hydrogen-bond donors (Lipinski definition) is 3. The Morgan fingerprint density at radius 3 is 2.57 bits per heavy atom. The first-order chi connectivity index (χ1) is 11.0. The zero-order valence-electron chi connectivity index (χ0n) is 13.2. The molecule has 4 N–H and O–H groups in total. The highest BCUT2D eigenvalue weighted by atomic mass is 16.2. The second-order valence-corrected chi connectivity index (χ2v) is 5.78. The largest absolute Gasteiger partial charge is 0.351 e. The van der Waals surface area contributed by atoms with Gasteiger partial charge < -0.3 is 11.1 Å². The summed E-state index contributed by atoms with van der Waals surface area (Å²) in [7, 11) is 0. The Bertz CT molecular complexity index is 595. The van der Waals surface area contributed by atoms with Gasteiger partial charge in [0.2, 0.25) is 5.91 Å². The summed E-state index contributed by atoms with van der Waals surface area (Å²) in [4.78, 5) is 38.7. The van der Waals surface area contributed by atoms with E-state index in [0.29, 0.717) is 31.4 Å². The molecule has 1 aliphatic rings. The van der Waals surface area contributed by atoms with Crippen LogP contribution in [0.5, 0.6) is 0 Å². The van der Waals surface area contributed by atoms with Crippen molar-refractivity contribution in [2.45, 2.75) is 45.1 Å². The van der Waals surface area contributed by atoms with Crippen LogP contribution in [0.15, 0.2) is 18.3 Å². The number of nitrogens with two attached hydrogens (primary N) is 1. The first-order valence-corrected chi connectivity index (χ1v) is 7.85. The van der Waals surface area contributed by atoms with E-state index in [4.69, 9.17) is 5.73 Å². The summed E-state index contributed by atoms with van der Waals surface area (Å²) in [6.45, 7) is 2.02. The summed E-state index contributed by atoms with van der Waals surface area (Å²) < 4.78 is 0. The predicted octanol–water partition coefficient (Wildman–Crippen LogP) is 1.13. The highest BCUT2D eigenvalue weighted by Crippen LogP contribution is 2.24. The third kappa shape index (κ3) is 4.77. The molecule has 0 spiro atoms. The lowest BCUT2D eigenvalue weighted by Crippen LogP contribution is -2.43. The first kappa shape index (κ1) is 16.9. The van der Waals surface area contributed by atoms with E-state index in [1.54, 1.807) is 12.3 Å². The van der Waals surface area contributed by atoms with E-state index in [1.807, 2.05) is 13.0 Å². The molecule has 23 heavy (non-hydrogen) atoms. The highest BCUT2D eigenvalue weighted by Gasteiger charge is 2.28. The van der Waals surface area contributed by atoms with Gasteiger partial charge in [-0.25, -0.2) is 4.79 Å². The second kappa shape index (κ2) is 7.71. The van der Waals surface area contributed by atoms with E-state index < -0.39 is 6.03 Å². The molecular formula is C16H22N4O3. The van der Waals surface area contributed by atoms with Crippen LogP contribution in [0.2, 0.25) is 0 Å². The predicted molar refractivity (Wildman–Crippen MR) is 84.6 cm³/mol. The summed E-state index contributed by atoms with van der Waals surface area (Å²) in [6.07, 6.45) is 5.10. The standard InChI is InChI=1S/C16H22N4O3/c1-2-10-7-8-18-13(9-10)15(22)19-12-5-3-11(4-6-12)14(21)20-16(17)23/h7-9,11-12H,2-6H2,1H3,(H,19,22)(H3,17,20,21,23). The van der Waals surface area contributed by atoms with Crippen LogP contribution in [0.3, 0.4) is 0 Å². The maximum absolute atomic E-state index is 12.2. The van der Waals surface area contributed by atoms with Gasteiger partial charge in [-0.05, 0) is 49.8 Å². The smallest absolute Gasteiger partial charge is 0.318 e. The lowest BCUT2D eigenvalue weighted by atomic mass is 9.85. The quantitative estimate of drug-likeness (QED) is 0.772. The number of hydrogen-bond acceptors (Lipinski definition) is 4. The van der Waals surface area contributed by atoms with E-state index in [9.17, 15) is 14.4 Å². The molecular weight excluding hydrogens is 296 g/mol. The number of nitrogens with one attached hydrogen (secondary N) is 2. The number of imide groups is 1. The number of carbonyl (C=O) groups is 3. The number of aromatic nitrogens is 1. The average molecular weight is 318 g/mol. The number of nitrogens with zero attached hydrogens (tertiary/aromatic N) is 1. The van der Waals surface area contributed by atoms with Crippen molar-refractivity contribution in [1.29, 1.82) is 0 Å². The van der Waals surface area contributed by atoms with Gasteiger partial charge in [0, 0.05) is 18.2 Å². The van der Waals surface area contributed by atoms with E-state index in [-0.39, 0.29) is 23.8 Å². The summed E-state index contributed by atoms with van der Waals surface area (Å²) in [6, 6.07) is 2.88. The molecule has 7 nitrogen and oxygen atoms in total. The van der Waals surface area contributed by atoms with Crippen molar-refractivity contribution in [1.82, 2.24) is 15.6 Å². The summed E-state index contributed by atoms with van der Waals surface area (Å²) in [5.41, 5.74) is 6.43. The fraction of sp³-hybridized carbons (Fsp3) is 0.500. The third-order valence-electron chi connectivity index (χ3n) is 4.14. The minimum Gasteiger partial charge on any atom is -0.351 e. The van der Waals surface area contributed by atoms with Crippen molar-refractivity contribution in [3.8, 4) is 0 Å². The Labute approximate surface area is 135 Å². The van der Waals surface area contributed by atoms with Gasteiger partial charge in [-0.1, -0.05) is 6.92 Å². The van der Waals surface area contributed by atoms with Crippen LogP contribution < -0.4 is 16.4 Å². The normalized spacial score (nSPS) is 20.6. The number of aryl methyl sites for hydroxylation is 1. The van der Waals surface area contributed by atoms with Gasteiger partial charge in [-0.3, -0.25) is 19.9 Å². The Balaban J connectivity index is 1.85. The zero-order chi connectivity index (χ0) is 16.8. The van der Waals surface area contributed by atoms with E-state index >= 15 is 0 Å². The Morgan fingerprint density at radius 1 is 1.26 bits per heavy atom. The van der Waals surface area contributed by atoms with Crippen molar-refractivity contribution in [3.05, 3.63) is 29.6 Å². The highest BCUT2D eigenvalue weighted by molar-refractivity contribution is 5.95. The number of carbonyl (C=O) groups excluding carboxylic acids is 3. The minimum absolute atomic E-state index is 0.0206. The van der Waals surface area contributed by atoms with Crippen molar-refractivity contribution in [3.63, 3.8) is 0 Å². The third-order valence-corrected chi connectivity index (χ3v) is 4.14. The molecule has 0 unspecified atom stereocenters. The Kier molecular flexibility index (Phi) is 5.67. The van der Waals surface area contributed by atoms with Crippen molar-refractivity contribution in [2.24, 2.45) is 11.7 Å². The van der Waals surface area contributed by atoms with Gasteiger partial charge in [0.15, 0.2) is 0 Å². The molecule has 0 atom stereocenters. The molecule has 0 aromatic carbocycles. The maximum Gasteiger partial charge on any atom is 0.318 e. The minimum atomic E-state index is -0.827. The number of primary amides is 1. The molecule has 1 aromatic heterocycles. The van der Waals surface area contributed by atoms with Gasteiger partial charge in [0.25, 0.3) is 5.91 Å². The van der Waals surface area contributed by atoms with Crippen LogP contribution in [0.4, 0.5) is 4.79 Å². The monoisotopic (exact) mass is 318 g/mol. The topological polar surface area (TPSA) is 114 Å². The van der Waals surface area contributed by atoms with E-state index in [1.165, 1.54) is 0 Å². The van der Waals surface area contributed by atoms with E-state index in [0.717, 1.165) is 12.0 Å². The van der Waals surface area contributed by atoms with Gasteiger partial charge in [-0.2, -0.15) is 0 Å². The van der Waals surface area contributed by atoms with Gasteiger partial charge in [-0.15, -0.1) is 0 Å². The molecule has 7 heteroatoms. The van der Waals surface area contributed by atoms with Crippen LogP contribution in [-0.4, -0.2) is 28.9 Å². The van der Waals surface area contributed by atoms with Crippen LogP contribution in [0, 0.1) is 5.92 Å². The SMILES string of the molecule is CCc1ccnc(C(=O)NC2CCC(C(=O)NC(N)=O)CC2)c1. The van der Waals surface area contributed by atoms with Crippen molar-refractivity contribution in [2.75, 3.05) is 0 Å². The summed E-state index contributed by atoms with van der Waals surface area (Å²) in [5, 5.41) is 5.07.